The molecular weight excluding hydrogens is 248 g/mol. The molecule has 0 radical (unpaired) electrons. The molecule has 0 amide bonds. The van der Waals surface area contributed by atoms with Crippen LogP contribution < -0.4 is 5.32 Å². The van der Waals surface area contributed by atoms with Crippen molar-refractivity contribution in [1.82, 2.24) is 9.62 Å². The van der Waals surface area contributed by atoms with Crippen LogP contribution in [0, 0.1) is 17.8 Å². The highest BCUT2D eigenvalue weighted by Gasteiger charge is 2.32. The van der Waals surface area contributed by atoms with Crippen LogP contribution in [0.4, 0.5) is 0 Å². The van der Waals surface area contributed by atoms with E-state index in [4.69, 9.17) is 0 Å². The number of nitrogens with one attached hydrogen (secondary N) is 1. The minimum absolute atomic E-state index is 0.304. The highest BCUT2D eigenvalue weighted by Crippen LogP contribution is 2.25. The minimum atomic E-state index is -3.05. The number of rotatable bonds is 3. The molecule has 0 saturated carbocycles. The van der Waals surface area contributed by atoms with E-state index in [9.17, 15) is 8.42 Å². The first-order chi connectivity index (χ1) is 8.49. The quantitative estimate of drug-likeness (QED) is 0.844. The Kier molecular flexibility index (Phi) is 4.67. The zero-order valence-electron chi connectivity index (χ0n) is 11.6. The third-order valence-electron chi connectivity index (χ3n) is 4.54. The van der Waals surface area contributed by atoms with Crippen LogP contribution in [0.3, 0.4) is 0 Å². The summed E-state index contributed by atoms with van der Waals surface area (Å²) < 4.78 is 26.5. The van der Waals surface area contributed by atoms with E-state index in [-0.39, 0.29) is 0 Å². The number of nitrogens with zero attached hydrogens (tertiary/aromatic N) is 1. The van der Waals surface area contributed by atoms with Gasteiger partial charge in [0, 0.05) is 13.1 Å². The maximum Gasteiger partial charge on any atom is 0.214 e. The van der Waals surface area contributed by atoms with E-state index in [0.29, 0.717) is 36.6 Å². The summed E-state index contributed by atoms with van der Waals surface area (Å²) in [5, 5.41) is 3.29. The van der Waals surface area contributed by atoms with E-state index in [0.717, 1.165) is 32.4 Å². The molecule has 0 aromatic carbocycles. The summed E-state index contributed by atoms with van der Waals surface area (Å²) in [4.78, 5) is 0. The Hall–Kier alpha value is -0.130. The average Bonchev–Trinajstić information content (AvgIpc) is 2.33. The molecule has 0 aromatic rings. The Labute approximate surface area is 111 Å². The highest BCUT2D eigenvalue weighted by atomic mass is 32.2. The van der Waals surface area contributed by atoms with Gasteiger partial charge in [-0.15, -0.1) is 0 Å². The van der Waals surface area contributed by atoms with Crippen molar-refractivity contribution in [2.75, 3.05) is 31.9 Å². The van der Waals surface area contributed by atoms with Crippen LogP contribution in [-0.4, -0.2) is 44.7 Å². The molecule has 0 spiro atoms. The Morgan fingerprint density at radius 2 is 2.00 bits per heavy atom. The summed E-state index contributed by atoms with van der Waals surface area (Å²) in [6.45, 7) is 7.71. The first-order valence-electron chi connectivity index (χ1n) is 7.17. The predicted octanol–water partition coefficient (Wildman–Crippen LogP) is 1.29. The molecule has 0 aromatic heterocycles. The summed E-state index contributed by atoms with van der Waals surface area (Å²) in [5.41, 5.74) is 0. The molecule has 3 unspecified atom stereocenters. The van der Waals surface area contributed by atoms with Gasteiger partial charge in [0.2, 0.25) is 10.0 Å². The summed E-state index contributed by atoms with van der Waals surface area (Å²) in [5.74, 6) is 1.77. The van der Waals surface area contributed by atoms with Crippen LogP contribution in [0.5, 0.6) is 0 Å². The van der Waals surface area contributed by atoms with E-state index in [2.05, 4.69) is 19.2 Å². The third kappa shape index (κ3) is 3.45. The van der Waals surface area contributed by atoms with Crippen molar-refractivity contribution < 1.29 is 8.42 Å². The van der Waals surface area contributed by atoms with Crippen molar-refractivity contribution in [3.05, 3.63) is 0 Å². The number of hydrogen-bond acceptors (Lipinski definition) is 3. The largest absolute Gasteiger partial charge is 0.316 e. The monoisotopic (exact) mass is 274 g/mol. The van der Waals surface area contributed by atoms with Crippen LogP contribution in [0.15, 0.2) is 0 Å². The van der Waals surface area contributed by atoms with Crippen molar-refractivity contribution in [3.63, 3.8) is 0 Å². The lowest BCUT2D eigenvalue weighted by molar-refractivity contribution is 0.211. The zero-order chi connectivity index (χ0) is 13.2. The number of sulfonamides is 1. The first-order valence-corrected chi connectivity index (χ1v) is 8.78. The van der Waals surface area contributed by atoms with Crippen molar-refractivity contribution >= 4 is 10.0 Å². The molecule has 4 nitrogen and oxygen atoms in total. The molecule has 2 rings (SSSR count). The lowest BCUT2D eigenvalue weighted by Crippen LogP contribution is -2.45. The van der Waals surface area contributed by atoms with Crippen molar-refractivity contribution in [3.8, 4) is 0 Å². The van der Waals surface area contributed by atoms with Crippen LogP contribution >= 0.6 is 0 Å². The van der Waals surface area contributed by atoms with Gasteiger partial charge in [-0.3, -0.25) is 0 Å². The van der Waals surface area contributed by atoms with E-state index < -0.39 is 10.0 Å². The van der Waals surface area contributed by atoms with Gasteiger partial charge in [0.25, 0.3) is 0 Å². The van der Waals surface area contributed by atoms with E-state index in [1.165, 1.54) is 0 Å². The second kappa shape index (κ2) is 5.88. The molecule has 1 N–H and O–H groups in total. The molecular formula is C13H26N2O2S. The SMILES string of the molecule is CC1CCN(S(=O)(=O)CC2CCCNC2)CC1C. The second-order valence-electron chi connectivity index (χ2n) is 6.09. The molecule has 106 valence electrons. The summed E-state index contributed by atoms with van der Waals surface area (Å²) >= 11 is 0. The third-order valence-corrected chi connectivity index (χ3v) is 6.55. The van der Waals surface area contributed by atoms with Gasteiger partial charge in [0.05, 0.1) is 5.75 Å². The number of hydrogen-bond donors (Lipinski definition) is 1. The fraction of sp³-hybridized carbons (Fsp3) is 1.00. The highest BCUT2D eigenvalue weighted by molar-refractivity contribution is 7.89. The first kappa shape index (κ1) is 14.3. The Morgan fingerprint density at radius 3 is 2.61 bits per heavy atom. The Bertz CT molecular complexity index is 363. The molecule has 0 aliphatic carbocycles. The fourth-order valence-corrected chi connectivity index (χ4v) is 4.88. The molecule has 0 bridgehead atoms. The maximum absolute atomic E-state index is 12.4. The van der Waals surface area contributed by atoms with Crippen LogP contribution in [0.2, 0.25) is 0 Å². The minimum Gasteiger partial charge on any atom is -0.316 e. The summed E-state index contributed by atoms with van der Waals surface area (Å²) in [7, 11) is -3.05. The number of piperidine rings is 2. The van der Waals surface area contributed by atoms with Crippen LogP contribution in [0.25, 0.3) is 0 Å². The van der Waals surface area contributed by atoms with Gasteiger partial charge in [-0.1, -0.05) is 13.8 Å². The van der Waals surface area contributed by atoms with Crippen LogP contribution in [-0.2, 0) is 10.0 Å². The van der Waals surface area contributed by atoms with Gasteiger partial charge in [0.1, 0.15) is 0 Å². The molecule has 2 aliphatic rings. The molecule has 2 aliphatic heterocycles. The van der Waals surface area contributed by atoms with Crippen molar-refractivity contribution in [2.24, 2.45) is 17.8 Å². The molecule has 18 heavy (non-hydrogen) atoms. The summed E-state index contributed by atoms with van der Waals surface area (Å²) in [6.07, 6.45) is 3.16. The topological polar surface area (TPSA) is 49.4 Å². The average molecular weight is 274 g/mol. The van der Waals surface area contributed by atoms with Gasteiger partial charge in [0.15, 0.2) is 0 Å². The molecule has 5 heteroatoms. The van der Waals surface area contributed by atoms with Crippen LogP contribution in [0.1, 0.15) is 33.1 Å². The van der Waals surface area contributed by atoms with Gasteiger partial charge in [-0.2, -0.15) is 0 Å². The smallest absolute Gasteiger partial charge is 0.214 e. The lowest BCUT2D eigenvalue weighted by Gasteiger charge is -2.35. The Balaban J connectivity index is 1.93. The van der Waals surface area contributed by atoms with Gasteiger partial charge in [-0.25, -0.2) is 12.7 Å². The molecule has 2 saturated heterocycles. The standard InChI is InChI=1S/C13H26N2O2S/c1-11-5-7-15(9-12(11)2)18(16,17)10-13-4-3-6-14-8-13/h11-14H,3-10H2,1-2H3. The van der Waals surface area contributed by atoms with Gasteiger partial charge < -0.3 is 5.32 Å². The lowest BCUT2D eigenvalue weighted by atomic mass is 9.90. The van der Waals surface area contributed by atoms with Crippen molar-refractivity contribution in [2.45, 2.75) is 33.1 Å². The van der Waals surface area contributed by atoms with E-state index in [1.54, 1.807) is 4.31 Å². The van der Waals surface area contributed by atoms with Crippen molar-refractivity contribution in [1.29, 1.82) is 0 Å². The van der Waals surface area contributed by atoms with E-state index in [1.807, 2.05) is 0 Å². The molecule has 2 heterocycles. The van der Waals surface area contributed by atoms with E-state index >= 15 is 0 Å². The predicted molar refractivity (Wildman–Crippen MR) is 73.9 cm³/mol. The molecule has 3 atom stereocenters. The fourth-order valence-electron chi connectivity index (χ4n) is 2.95. The van der Waals surface area contributed by atoms with Gasteiger partial charge >= 0.3 is 0 Å². The second-order valence-corrected chi connectivity index (χ2v) is 8.11. The maximum atomic E-state index is 12.4. The zero-order valence-corrected chi connectivity index (χ0v) is 12.4. The molecule has 2 fully saturated rings. The van der Waals surface area contributed by atoms with Gasteiger partial charge in [-0.05, 0) is 50.1 Å². The Morgan fingerprint density at radius 1 is 1.22 bits per heavy atom. The summed E-state index contributed by atoms with van der Waals surface area (Å²) in [6, 6.07) is 0. The normalized spacial score (nSPS) is 35.6.